The molecule has 2 aromatic carbocycles. The van der Waals surface area contributed by atoms with Crippen LogP contribution in [0, 0.1) is 24.2 Å². The third-order valence-electron chi connectivity index (χ3n) is 5.91. The van der Waals surface area contributed by atoms with Crippen LogP contribution in [0.15, 0.2) is 60.3 Å². The maximum Gasteiger partial charge on any atom is 0.266 e. The summed E-state index contributed by atoms with van der Waals surface area (Å²) in [4.78, 5) is 14.7. The molecule has 1 aliphatic heterocycles. The van der Waals surface area contributed by atoms with E-state index in [1.165, 1.54) is 11.1 Å². The van der Waals surface area contributed by atoms with Crippen molar-refractivity contribution in [3.05, 3.63) is 77.0 Å². The molecule has 0 saturated carbocycles. The first-order chi connectivity index (χ1) is 14.5. The molecule has 1 aliphatic rings. The van der Waals surface area contributed by atoms with Gasteiger partial charge in [-0.25, -0.2) is 0 Å². The molecule has 4 nitrogen and oxygen atoms in total. The van der Waals surface area contributed by atoms with Crippen molar-refractivity contribution >= 4 is 11.6 Å². The molecule has 1 fully saturated rings. The van der Waals surface area contributed by atoms with E-state index in [1.54, 1.807) is 6.20 Å². The molecular formula is C26H31N3O. The summed E-state index contributed by atoms with van der Waals surface area (Å²) < 4.78 is 0. The predicted molar refractivity (Wildman–Crippen MR) is 122 cm³/mol. The van der Waals surface area contributed by atoms with E-state index in [2.05, 4.69) is 55.6 Å². The van der Waals surface area contributed by atoms with Crippen molar-refractivity contribution in [2.24, 2.45) is 5.92 Å². The number of piperidine rings is 1. The molecule has 156 valence electrons. The standard InChI is InChI=1S/C26H31N3O/c1-19(2)24-11-7-8-20(3)25(24)28-18-23(17-27)26(30)29-14-12-22(13-15-29)16-21-9-5-4-6-10-21/h4-11,18-19,22,28H,12-16H2,1-3H3/b23-18-. The number of para-hydroxylation sites is 1. The zero-order chi connectivity index (χ0) is 21.5. The van der Waals surface area contributed by atoms with Gasteiger partial charge in [-0.15, -0.1) is 0 Å². The SMILES string of the molecule is Cc1cccc(C(C)C)c1N/C=C(/C#N)C(=O)N1CCC(Cc2ccccc2)CC1. The fraction of sp³-hybridized carbons (Fsp3) is 0.385. The third kappa shape index (κ3) is 5.30. The Balaban J connectivity index is 1.63. The van der Waals surface area contributed by atoms with Crippen molar-refractivity contribution in [2.45, 2.75) is 46.0 Å². The number of anilines is 1. The minimum atomic E-state index is -0.178. The first-order valence-corrected chi connectivity index (χ1v) is 10.8. The minimum Gasteiger partial charge on any atom is -0.360 e. The number of hydrogen-bond donors (Lipinski definition) is 1. The van der Waals surface area contributed by atoms with Crippen LogP contribution in [0.25, 0.3) is 0 Å². The van der Waals surface area contributed by atoms with E-state index in [1.807, 2.05) is 30.0 Å². The highest BCUT2D eigenvalue weighted by Crippen LogP contribution is 2.28. The third-order valence-corrected chi connectivity index (χ3v) is 5.91. The van der Waals surface area contributed by atoms with Crippen molar-refractivity contribution in [1.29, 1.82) is 5.26 Å². The highest BCUT2D eigenvalue weighted by atomic mass is 16.2. The van der Waals surface area contributed by atoms with Crippen LogP contribution in [0.1, 0.15) is 49.3 Å². The maximum atomic E-state index is 12.9. The topological polar surface area (TPSA) is 56.1 Å². The summed E-state index contributed by atoms with van der Waals surface area (Å²) in [5, 5.41) is 12.8. The average molecular weight is 402 g/mol. The Morgan fingerprint density at radius 1 is 1.17 bits per heavy atom. The first-order valence-electron chi connectivity index (χ1n) is 10.8. The molecule has 0 unspecified atom stereocenters. The molecular weight excluding hydrogens is 370 g/mol. The Morgan fingerprint density at radius 2 is 1.87 bits per heavy atom. The highest BCUT2D eigenvalue weighted by molar-refractivity contribution is 5.97. The monoisotopic (exact) mass is 401 g/mol. The van der Waals surface area contributed by atoms with Gasteiger partial charge in [-0.3, -0.25) is 4.79 Å². The fourth-order valence-electron chi connectivity index (χ4n) is 4.11. The normalized spacial score (nSPS) is 15.2. The van der Waals surface area contributed by atoms with Gasteiger partial charge in [0.15, 0.2) is 0 Å². The highest BCUT2D eigenvalue weighted by Gasteiger charge is 2.25. The van der Waals surface area contributed by atoms with Gasteiger partial charge in [-0.2, -0.15) is 5.26 Å². The number of benzene rings is 2. The molecule has 1 N–H and O–H groups in total. The lowest BCUT2D eigenvalue weighted by molar-refractivity contribution is -0.128. The molecule has 1 amide bonds. The quantitative estimate of drug-likeness (QED) is 0.519. The number of nitriles is 1. The lowest BCUT2D eigenvalue weighted by Crippen LogP contribution is -2.39. The maximum absolute atomic E-state index is 12.9. The van der Waals surface area contributed by atoms with Crippen LogP contribution in [0.5, 0.6) is 0 Å². The second kappa shape index (κ2) is 10.1. The molecule has 0 atom stereocenters. The van der Waals surface area contributed by atoms with Gasteiger partial charge in [0.25, 0.3) is 5.91 Å². The number of hydrogen-bond acceptors (Lipinski definition) is 3. The largest absolute Gasteiger partial charge is 0.360 e. The Morgan fingerprint density at radius 3 is 2.50 bits per heavy atom. The van der Waals surface area contributed by atoms with Crippen LogP contribution in [0.4, 0.5) is 5.69 Å². The van der Waals surface area contributed by atoms with Gasteiger partial charge >= 0.3 is 0 Å². The molecule has 3 rings (SSSR count). The van der Waals surface area contributed by atoms with E-state index in [-0.39, 0.29) is 11.5 Å². The van der Waals surface area contributed by atoms with Gasteiger partial charge in [0, 0.05) is 25.0 Å². The lowest BCUT2D eigenvalue weighted by atomic mass is 9.90. The number of aryl methyl sites for hydroxylation is 1. The summed E-state index contributed by atoms with van der Waals surface area (Å²) >= 11 is 0. The lowest BCUT2D eigenvalue weighted by Gasteiger charge is -2.32. The number of carbonyl (C=O) groups is 1. The zero-order valence-electron chi connectivity index (χ0n) is 18.2. The second-order valence-corrected chi connectivity index (χ2v) is 8.43. The van der Waals surface area contributed by atoms with Crippen LogP contribution < -0.4 is 5.32 Å². The average Bonchev–Trinajstić information content (AvgIpc) is 2.76. The molecule has 2 aromatic rings. The summed E-state index contributed by atoms with van der Waals surface area (Å²) in [6, 6.07) is 18.8. The van der Waals surface area contributed by atoms with Crippen molar-refractivity contribution in [3.8, 4) is 6.07 Å². The van der Waals surface area contributed by atoms with Crippen LogP contribution in [-0.4, -0.2) is 23.9 Å². The van der Waals surface area contributed by atoms with Crippen molar-refractivity contribution < 1.29 is 4.79 Å². The summed E-state index contributed by atoms with van der Waals surface area (Å²) in [6.07, 6.45) is 4.58. The molecule has 0 aliphatic carbocycles. The van der Waals surface area contributed by atoms with E-state index >= 15 is 0 Å². The van der Waals surface area contributed by atoms with Crippen LogP contribution in [0.2, 0.25) is 0 Å². The van der Waals surface area contributed by atoms with E-state index in [0.717, 1.165) is 30.5 Å². The molecule has 4 heteroatoms. The summed E-state index contributed by atoms with van der Waals surface area (Å²) in [5.41, 5.74) is 4.77. The molecule has 0 spiro atoms. The Bertz CT molecular complexity index is 932. The number of likely N-dealkylation sites (tertiary alicyclic amines) is 1. The van der Waals surface area contributed by atoms with Crippen molar-refractivity contribution in [3.63, 3.8) is 0 Å². The second-order valence-electron chi connectivity index (χ2n) is 8.43. The summed E-state index contributed by atoms with van der Waals surface area (Å²) in [7, 11) is 0. The van der Waals surface area contributed by atoms with Gasteiger partial charge in [0.05, 0.1) is 0 Å². The number of rotatable bonds is 6. The Hall–Kier alpha value is -3.06. The van der Waals surface area contributed by atoms with Gasteiger partial charge in [-0.1, -0.05) is 62.4 Å². The molecule has 0 bridgehead atoms. The zero-order valence-corrected chi connectivity index (χ0v) is 18.2. The predicted octanol–water partition coefficient (Wildman–Crippen LogP) is 5.42. The summed E-state index contributed by atoms with van der Waals surface area (Å²) in [5.74, 6) is 0.762. The van der Waals surface area contributed by atoms with Crippen LogP contribution >= 0.6 is 0 Å². The van der Waals surface area contributed by atoms with E-state index in [0.29, 0.717) is 24.9 Å². The minimum absolute atomic E-state index is 0.162. The Labute approximate surface area is 180 Å². The van der Waals surface area contributed by atoms with Gasteiger partial charge in [0.1, 0.15) is 11.6 Å². The number of nitrogens with zero attached hydrogens (tertiary/aromatic N) is 2. The number of nitrogens with one attached hydrogen (secondary N) is 1. The van der Waals surface area contributed by atoms with Gasteiger partial charge in [0.2, 0.25) is 0 Å². The smallest absolute Gasteiger partial charge is 0.266 e. The van der Waals surface area contributed by atoms with Gasteiger partial charge < -0.3 is 10.2 Å². The Kier molecular flexibility index (Phi) is 7.30. The van der Waals surface area contributed by atoms with Crippen molar-refractivity contribution in [2.75, 3.05) is 18.4 Å². The fourth-order valence-corrected chi connectivity index (χ4v) is 4.11. The van der Waals surface area contributed by atoms with E-state index < -0.39 is 0 Å². The molecule has 30 heavy (non-hydrogen) atoms. The van der Waals surface area contributed by atoms with Crippen molar-refractivity contribution in [1.82, 2.24) is 4.90 Å². The van der Waals surface area contributed by atoms with Gasteiger partial charge in [-0.05, 0) is 54.7 Å². The van der Waals surface area contributed by atoms with Crippen LogP contribution in [0.3, 0.4) is 0 Å². The molecule has 0 radical (unpaired) electrons. The molecule has 1 heterocycles. The van der Waals surface area contributed by atoms with Crippen LogP contribution in [-0.2, 0) is 11.2 Å². The molecule has 0 aromatic heterocycles. The number of carbonyl (C=O) groups excluding carboxylic acids is 1. The summed E-state index contributed by atoms with van der Waals surface area (Å²) in [6.45, 7) is 7.72. The molecule has 1 saturated heterocycles. The first kappa shape index (κ1) is 21.6. The number of amides is 1. The van der Waals surface area contributed by atoms with E-state index in [9.17, 15) is 10.1 Å². The van der Waals surface area contributed by atoms with E-state index in [4.69, 9.17) is 0 Å².